The van der Waals surface area contributed by atoms with Gasteiger partial charge in [0, 0.05) is 50.4 Å². The summed E-state index contributed by atoms with van der Waals surface area (Å²) in [5.41, 5.74) is 3.87. The summed E-state index contributed by atoms with van der Waals surface area (Å²) in [5.74, 6) is 1.45. The molecule has 2 aliphatic rings. The van der Waals surface area contributed by atoms with E-state index in [2.05, 4.69) is 16.0 Å². The maximum absolute atomic E-state index is 13.6. The van der Waals surface area contributed by atoms with E-state index in [4.69, 9.17) is 14.5 Å². The zero-order valence-corrected chi connectivity index (χ0v) is 20.2. The van der Waals surface area contributed by atoms with E-state index in [1.807, 2.05) is 54.3 Å². The number of piperidine rings is 1. The summed E-state index contributed by atoms with van der Waals surface area (Å²) < 4.78 is 11.4. The van der Waals surface area contributed by atoms with E-state index < -0.39 is 0 Å². The first-order chi connectivity index (χ1) is 17.2. The minimum Gasteiger partial charge on any atom is -0.437 e. The maximum Gasteiger partial charge on any atom is 0.254 e. The molecule has 0 saturated carbocycles. The fourth-order valence-electron chi connectivity index (χ4n) is 4.85. The van der Waals surface area contributed by atoms with Crippen molar-refractivity contribution in [1.82, 2.24) is 19.8 Å². The van der Waals surface area contributed by atoms with Crippen molar-refractivity contribution in [2.75, 3.05) is 39.4 Å². The van der Waals surface area contributed by atoms with Crippen LogP contribution in [0.5, 0.6) is 11.6 Å². The van der Waals surface area contributed by atoms with Gasteiger partial charge in [-0.25, -0.2) is 4.98 Å². The monoisotopic (exact) mass is 472 g/mol. The molecule has 2 aliphatic heterocycles. The molecule has 0 spiro atoms. The maximum atomic E-state index is 13.6. The number of aromatic nitrogens is 2. The summed E-state index contributed by atoms with van der Waals surface area (Å²) >= 11 is 0. The first kappa shape index (κ1) is 23.5. The van der Waals surface area contributed by atoms with E-state index in [0.29, 0.717) is 12.4 Å². The van der Waals surface area contributed by atoms with Crippen LogP contribution in [0.15, 0.2) is 60.9 Å². The Morgan fingerprint density at radius 3 is 2.80 bits per heavy atom. The van der Waals surface area contributed by atoms with Crippen LogP contribution in [0.25, 0.3) is 0 Å². The first-order valence-electron chi connectivity index (χ1n) is 12.4. The third-order valence-corrected chi connectivity index (χ3v) is 6.72. The number of hydrogen-bond donors (Lipinski definition) is 0. The molecule has 0 bridgehead atoms. The van der Waals surface area contributed by atoms with Crippen molar-refractivity contribution in [3.8, 4) is 11.6 Å². The van der Waals surface area contributed by atoms with Crippen LogP contribution in [-0.2, 0) is 11.3 Å². The van der Waals surface area contributed by atoms with Gasteiger partial charge in [0.1, 0.15) is 5.75 Å². The highest BCUT2D eigenvalue weighted by Gasteiger charge is 2.28. The number of carbonyl (C=O) groups excluding carboxylic acids is 1. The Balaban J connectivity index is 1.29. The first-order valence-corrected chi connectivity index (χ1v) is 12.4. The summed E-state index contributed by atoms with van der Waals surface area (Å²) in [6.45, 7) is 7.48. The molecule has 35 heavy (non-hydrogen) atoms. The SMILES string of the molecule is Cc1cccc(Oc2cncc([C@@H]3CCCN(C(=O)c4ccccc4CN4CCOCC4)C3)n2)c1. The number of ether oxygens (including phenoxy) is 2. The molecule has 3 heterocycles. The van der Waals surface area contributed by atoms with E-state index in [1.165, 1.54) is 0 Å². The number of likely N-dealkylation sites (tertiary alicyclic amines) is 1. The molecule has 3 aromatic rings. The van der Waals surface area contributed by atoms with Crippen molar-refractivity contribution >= 4 is 5.91 Å². The molecule has 1 aromatic heterocycles. The van der Waals surface area contributed by atoms with E-state index in [-0.39, 0.29) is 11.8 Å². The fourth-order valence-corrected chi connectivity index (χ4v) is 4.85. The fraction of sp³-hybridized carbons (Fsp3) is 0.393. The van der Waals surface area contributed by atoms with E-state index >= 15 is 0 Å². The molecule has 2 aromatic carbocycles. The Hall–Kier alpha value is -3.29. The second kappa shape index (κ2) is 11.0. The van der Waals surface area contributed by atoms with Crippen molar-refractivity contribution in [3.63, 3.8) is 0 Å². The Kier molecular flexibility index (Phi) is 7.35. The van der Waals surface area contributed by atoms with E-state index in [9.17, 15) is 4.79 Å². The highest BCUT2D eigenvalue weighted by atomic mass is 16.5. The summed E-state index contributed by atoms with van der Waals surface area (Å²) in [5, 5.41) is 0. The molecule has 1 amide bonds. The number of carbonyl (C=O) groups is 1. The lowest BCUT2D eigenvalue weighted by molar-refractivity contribution is 0.0339. The van der Waals surface area contributed by atoms with Crippen molar-refractivity contribution in [2.24, 2.45) is 0 Å². The topological polar surface area (TPSA) is 67.8 Å². The second-order valence-electron chi connectivity index (χ2n) is 9.34. The quantitative estimate of drug-likeness (QED) is 0.529. The zero-order chi connectivity index (χ0) is 24.0. The van der Waals surface area contributed by atoms with Gasteiger partial charge < -0.3 is 14.4 Å². The predicted octanol–water partition coefficient (Wildman–Crippen LogP) is 4.43. The average molecular weight is 473 g/mol. The van der Waals surface area contributed by atoms with Gasteiger partial charge in [-0.3, -0.25) is 14.7 Å². The molecule has 2 fully saturated rings. The average Bonchev–Trinajstić information content (AvgIpc) is 2.89. The van der Waals surface area contributed by atoms with Gasteiger partial charge in [0.25, 0.3) is 5.91 Å². The molecule has 1 atom stereocenters. The standard InChI is InChI=1S/C28H32N4O3/c1-21-6-4-9-24(16-21)35-27-18-29-17-26(30-27)23-8-5-11-32(20-23)28(33)25-10-3-2-7-22(25)19-31-12-14-34-15-13-31/h2-4,6-7,9-10,16-18,23H,5,8,11-15,19-20H2,1H3/t23-/m1/s1. The number of amides is 1. The summed E-state index contributed by atoms with van der Waals surface area (Å²) in [6, 6.07) is 15.9. The van der Waals surface area contributed by atoms with Crippen molar-refractivity contribution in [1.29, 1.82) is 0 Å². The van der Waals surface area contributed by atoms with Gasteiger partial charge >= 0.3 is 0 Å². The number of morpholine rings is 1. The van der Waals surface area contributed by atoms with Gasteiger partial charge in [-0.05, 0) is 49.1 Å². The van der Waals surface area contributed by atoms with Gasteiger partial charge in [-0.2, -0.15) is 0 Å². The molecule has 7 nitrogen and oxygen atoms in total. The van der Waals surface area contributed by atoms with Crippen LogP contribution in [0.1, 0.15) is 45.9 Å². The lowest BCUT2D eigenvalue weighted by Crippen LogP contribution is -2.40. The summed E-state index contributed by atoms with van der Waals surface area (Å²) in [7, 11) is 0. The predicted molar refractivity (Wildman–Crippen MR) is 134 cm³/mol. The van der Waals surface area contributed by atoms with Gasteiger partial charge in [-0.1, -0.05) is 30.3 Å². The zero-order valence-electron chi connectivity index (χ0n) is 20.2. The molecular formula is C28H32N4O3. The largest absolute Gasteiger partial charge is 0.437 e. The minimum absolute atomic E-state index is 0.0960. The molecule has 2 saturated heterocycles. The highest BCUT2D eigenvalue weighted by molar-refractivity contribution is 5.95. The molecule has 0 N–H and O–H groups in total. The molecular weight excluding hydrogens is 440 g/mol. The number of rotatable bonds is 6. The van der Waals surface area contributed by atoms with Gasteiger partial charge in [-0.15, -0.1) is 0 Å². The van der Waals surface area contributed by atoms with Crippen LogP contribution in [0.4, 0.5) is 0 Å². The van der Waals surface area contributed by atoms with Crippen molar-refractivity contribution < 1.29 is 14.3 Å². The Morgan fingerprint density at radius 2 is 1.94 bits per heavy atom. The lowest BCUT2D eigenvalue weighted by atomic mass is 9.94. The van der Waals surface area contributed by atoms with Crippen LogP contribution in [-0.4, -0.2) is 65.1 Å². The summed E-state index contributed by atoms with van der Waals surface area (Å²) in [4.78, 5) is 27.0. The highest BCUT2D eigenvalue weighted by Crippen LogP contribution is 2.29. The molecule has 0 radical (unpaired) electrons. The van der Waals surface area contributed by atoms with E-state index in [1.54, 1.807) is 12.4 Å². The molecule has 7 heteroatoms. The van der Waals surface area contributed by atoms with Crippen molar-refractivity contribution in [2.45, 2.75) is 32.2 Å². The smallest absolute Gasteiger partial charge is 0.254 e. The van der Waals surface area contributed by atoms with Gasteiger partial charge in [0.15, 0.2) is 0 Å². The van der Waals surface area contributed by atoms with Crippen LogP contribution in [0, 0.1) is 6.92 Å². The number of nitrogens with zero attached hydrogens (tertiary/aromatic N) is 4. The van der Waals surface area contributed by atoms with Crippen molar-refractivity contribution in [3.05, 3.63) is 83.3 Å². The second-order valence-corrected chi connectivity index (χ2v) is 9.34. The van der Waals surface area contributed by atoms with Gasteiger partial charge in [0.2, 0.25) is 5.88 Å². The van der Waals surface area contributed by atoms with Crippen LogP contribution >= 0.6 is 0 Å². The lowest BCUT2D eigenvalue weighted by Gasteiger charge is -2.33. The number of benzene rings is 2. The Morgan fingerprint density at radius 1 is 1.09 bits per heavy atom. The van der Waals surface area contributed by atoms with Crippen LogP contribution in [0.2, 0.25) is 0 Å². The molecule has 0 aliphatic carbocycles. The van der Waals surface area contributed by atoms with Crippen LogP contribution < -0.4 is 4.74 Å². The molecule has 182 valence electrons. The van der Waals surface area contributed by atoms with Crippen LogP contribution in [0.3, 0.4) is 0 Å². The third kappa shape index (κ3) is 5.86. The number of hydrogen-bond acceptors (Lipinski definition) is 6. The summed E-state index contributed by atoms with van der Waals surface area (Å²) in [6.07, 6.45) is 5.35. The third-order valence-electron chi connectivity index (χ3n) is 6.72. The minimum atomic E-state index is 0.0960. The number of aryl methyl sites for hydroxylation is 1. The van der Waals surface area contributed by atoms with E-state index in [0.717, 1.165) is 80.4 Å². The Bertz CT molecular complexity index is 1160. The van der Waals surface area contributed by atoms with Gasteiger partial charge in [0.05, 0.1) is 25.1 Å². The molecule has 0 unspecified atom stereocenters. The Labute approximate surface area is 206 Å². The normalized spacial score (nSPS) is 18.9. The molecule has 5 rings (SSSR count).